The zero-order chi connectivity index (χ0) is 11.3. The molecule has 0 aliphatic carbocycles. The molecule has 1 aliphatic rings. The predicted octanol–water partition coefficient (Wildman–Crippen LogP) is 2.26. The third-order valence-corrected chi connectivity index (χ3v) is 4.51. The van der Waals surface area contributed by atoms with Gasteiger partial charge >= 0.3 is 0 Å². The molecule has 0 amide bonds. The number of alkyl halides is 2. The van der Waals surface area contributed by atoms with E-state index in [-0.39, 0.29) is 10.5 Å². The van der Waals surface area contributed by atoms with Crippen LogP contribution < -0.4 is 0 Å². The number of sulfone groups is 1. The molecular weight excluding hydrogens is 222 g/mol. The van der Waals surface area contributed by atoms with Crippen LogP contribution >= 0.6 is 0 Å². The van der Waals surface area contributed by atoms with Crippen LogP contribution in [0.15, 0.2) is 23.1 Å². The zero-order valence-corrected chi connectivity index (χ0v) is 8.94. The lowest BCUT2D eigenvalue weighted by Crippen LogP contribution is -2.28. The van der Waals surface area contributed by atoms with E-state index in [1.807, 2.05) is 0 Å². The Morgan fingerprint density at radius 3 is 2.60 bits per heavy atom. The van der Waals surface area contributed by atoms with Crippen LogP contribution in [0.4, 0.5) is 8.78 Å². The SMILES string of the molecule is Cc1cccc2c1S(=O)(=O)CCC2(F)F. The molecule has 15 heavy (non-hydrogen) atoms. The first-order valence-electron chi connectivity index (χ1n) is 4.55. The summed E-state index contributed by atoms with van der Waals surface area (Å²) in [7, 11) is -3.52. The summed E-state index contributed by atoms with van der Waals surface area (Å²) in [5.74, 6) is -3.50. The van der Waals surface area contributed by atoms with Gasteiger partial charge < -0.3 is 0 Å². The molecule has 5 heteroatoms. The van der Waals surface area contributed by atoms with Crippen LogP contribution in [0.25, 0.3) is 0 Å². The molecule has 0 atom stereocenters. The number of fused-ring (bicyclic) bond motifs is 1. The van der Waals surface area contributed by atoms with Gasteiger partial charge in [0.05, 0.1) is 10.6 Å². The standard InChI is InChI=1S/C10H10F2O2S/c1-7-3-2-4-8-9(7)15(13,14)6-5-10(8,11)12/h2-4H,5-6H2,1H3. The van der Waals surface area contributed by atoms with Crippen molar-refractivity contribution in [1.29, 1.82) is 0 Å². The molecule has 0 bridgehead atoms. The first-order chi connectivity index (χ1) is 6.84. The van der Waals surface area contributed by atoms with Crippen molar-refractivity contribution in [3.63, 3.8) is 0 Å². The topological polar surface area (TPSA) is 34.1 Å². The maximum Gasteiger partial charge on any atom is 0.275 e. The van der Waals surface area contributed by atoms with E-state index >= 15 is 0 Å². The molecule has 0 saturated heterocycles. The predicted molar refractivity (Wildman–Crippen MR) is 51.7 cm³/mol. The molecule has 0 spiro atoms. The Morgan fingerprint density at radius 2 is 2.00 bits per heavy atom. The van der Waals surface area contributed by atoms with Gasteiger partial charge in [-0.3, -0.25) is 0 Å². The number of halogens is 2. The van der Waals surface area contributed by atoms with Gasteiger partial charge in [-0.05, 0) is 12.5 Å². The van der Waals surface area contributed by atoms with Crippen LogP contribution in [0, 0.1) is 6.92 Å². The second-order valence-corrected chi connectivity index (χ2v) is 5.77. The fourth-order valence-corrected chi connectivity index (χ4v) is 3.69. The summed E-state index contributed by atoms with van der Waals surface area (Å²) in [6.45, 7) is 1.54. The van der Waals surface area contributed by atoms with Crippen molar-refractivity contribution in [1.82, 2.24) is 0 Å². The van der Waals surface area contributed by atoms with Crippen molar-refractivity contribution in [2.75, 3.05) is 5.75 Å². The van der Waals surface area contributed by atoms with Crippen LogP contribution in [0.5, 0.6) is 0 Å². The molecule has 1 aromatic carbocycles. The molecule has 1 aliphatic heterocycles. The van der Waals surface area contributed by atoms with Crippen molar-refractivity contribution in [3.8, 4) is 0 Å². The van der Waals surface area contributed by atoms with Crippen molar-refractivity contribution in [2.45, 2.75) is 24.2 Å². The Morgan fingerprint density at radius 1 is 1.33 bits per heavy atom. The molecule has 2 nitrogen and oxygen atoms in total. The minimum absolute atomic E-state index is 0.179. The number of hydrogen-bond donors (Lipinski definition) is 0. The first-order valence-corrected chi connectivity index (χ1v) is 6.20. The molecule has 0 fully saturated rings. The lowest BCUT2D eigenvalue weighted by molar-refractivity contribution is -0.0128. The summed E-state index contributed by atoms with van der Waals surface area (Å²) in [6.07, 6.45) is -0.619. The highest BCUT2D eigenvalue weighted by atomic mass is 32.2. The van der Waals surface area contributed by atoms with Crippen molar-refractivity contribution < 1.29 is 17.2 Å². The van der Waals surface area contributed by atoms with Crippen molar-refractivity contribution >= 4 is 9.84 Å². The van der Waals surface area contributed by atoms with Gasteiger partial charge in [-0.15, -0.1) is 0 Å². The largest absolute Gasteiger partial charge is 0.275 e. The molecule has 0 aromatic heterocycles. The molecule has 0 unspecified atom stereocenters. The average Bonchev–Trinajstić information content (AvgIpc) is 2.13. The lowest BCUT2D eigenvalue weighted by Gasteiger charge is -2.26. The second-order valence-electron chi connectivity index (χ2n) is 3.72. The third-order valence-electron chi connectivity index (χ3n) is 2.60. The number of rotatable bonds is 0. The van der Waals surface area contributed by atoms with Crippen LogP contribution in [-0.4, -0.2) is 14.2 Å². The van der Waals surface area contributed by atoms with Gasteiger partial charge in [0.25, 0.3) is 5.92 Å². The Bertz CT molecular complexity index is 506. The fourth-order valence-electron chi connectivity index (χ4n) is 1.85. The molecule has 82 valence electrons. The molecular formula is C10H10F2O2S. The molecule has 1 heterocycles. The number of aryl methyl sites for hydroxylation is 1. The highest BCUT2D eigenvalue weighted by molar-refractivity contribution is 7.91. The normalized spacial score (nSPS) is 22.1. The molecule has 0 saturated carbocycles. The quantitative estimate of drug-likeness (QED) is 0.687. The van der Waals surface area contributed by atoms with E-state index in [0.29, 0.717) is 5.56 Å². The minimum atomic E-state index is -3.52. The summed E-state index contributed by atoms with van der Waals surface area (Å²) in [5, 5.41) is 0. The fraction of sp³-hybridized carbons (Fsp3) is 0.400. The summed E-state index contributed by atoms with van der Waals surface area (Å²) in [5.41, 5.74) is 0.0422. The van der Waals surface area contributed by atoms with E-state index in [4.69, 9.17) is 0 Å². The molecule has 1 aromatic rings. The Hall–Kier alpha value is -0.970. The van der Waals surface area contributed by atoms with E-state index in [1.54, 1.807) is 0 Å². The van der Waals surface area contributed by atoms with E-state index < -0.39 is 27.9 Å². The van der Waals surface area contributed by atoms with E-state index in [9.17, 15) is 17.2 Å². The van der Waals surface area contributed by atoms with Crippen molar-refractivity contribution in [2.24, 2.45) is 0 Å². The minimum Gasteiger partial charge on any atom is -0.224 e. The number of benzene rings is 1. The van der Waals surface area contributed by atoms with Gasteiger partial charge in [-0.1, -0.05) is 18.2 Å². The van der Waals surface area contributed by atoms with E-state index in [1.165, 1.54) is 25.1 Å². The van der Waals surface area contributed by atoms with E-state index in [0.717, 1.165) is 0 Å². The second kappa shape index (κ2) is 3.01. The summed E-state index contributed by atoms with van der Waals surface area (Å²) < 4.78 is 50.2. The van der Waals surface area contributed by atoms with Crippen LogP contribution in [0.1, 0.15) is 17.5 Å². The zero-order valence-electron chi connectivity index (χ0n) is 8.13. The first kappa shape index (κ1) is 10.5. The third kappa shape index (κ3) is 1.55. The van der Waals surface area contributed by atoms with Crippen LogP contribution in [0.3, 0.4) is 0 Å². The Kier molecular flexibility index (Phi) is 2.12. The molecule has 0 radical (unpaired) electrons. The molecule has 0 N–H and O–H groups in total. The Labute approximate surface area is 86.8 Å². The van der Waals surface area contributed by atoms with Gasteiger partial charge in [0.15, 0.2) is 9.84 Å². The summed E-state index contributed by atoms with van der Waals surface area (Å²) in [4.78, 5) is -0.179. The maximum absolute atomic E-state index is 13.5. The van der Waals surface area contributed by atoms with E-state index in [2.05, 4.69) is 0 Å². The van der Waals surface area contributed by atoms with Gasteiger partial charge in [0, 0.05) is 12.0 Å². The van der Waals surface area contributed by atoms with Gasteiger partial charge in [0.2, 0.25) is 0 Å². The van der Waals surface area contributed by atoms with Gasteiger partial charge in [0.1, 0.15) is 0 Å². The summed E-state index contributed by atoms with van der Waals surface area (Å²) in [6, 6.07) is 4.19. The lowest BCUT2D eigenvalue weighted by atomic mass is 10.0. The van der Waals surface area contributed by atoms with Crippen molar-refractivity contribution in [3.05, 3.63) is 29.3 Å². The van der Waals surface area contributed by atoms with Crippen LogP contribution in [0.2, 0.25) is 0 Å². The average molecular weight is 232 g/mol. The van der Waals surface area contributed by atoms with Gasteiger partial charge in [-0.25, -0.2) is 17.2 Å². The summed E-state index contributed by atoms with van der Waals surface area (Å²) >= 11 is 0. The monoisotopic (exact) mass is 232 g/mol. The van der Waals surface area contributed by atoms with Crippen LogP contribution in [-0.2, 0) is 15.8 Å². The van der Waals surface area contributed by atoms with Gasteiger partial charge in [-0.2, -0.15) is 0 Å². The maximum atomic E-state index is 13.5. The Balaban J connectivity index is 2.82. The highest BCUT2D eigenvalue weighted by Crippen LogP contribution is 2.42. The number of hydrogen-bond acceptors (Lipinski definition) is 2. The molecule has 2 rings (SSSR count). The smallest absolute Gasteiger partial charge is 0.224 e. The highest BCUT2D eigenvalue weighted by Gasteiger charge is 2.43.